The number of carbonyl (C=O) groups excluding carboxylic acids is 2. The number of rotatable bonds is 3. The van der Waals surface area contributed by atoms with Gasteiger partial charge in [0.05, 0.1) is 17.1 Å². The van der Waals surface area contributed by atoms with Gasteiger partial charge in [-0.15, -0.1) is 0 Å². The third kappa shape index (κ3) is 3.31. The maximum atomic E-state index is 13.5. The lowest BCUT2D eigenvalue weighted by atomic mass is 10.1. The van der Waals surface area contributed by atoms with Gasteiger partial charge in [-0.2, -0.15) is 5.10 Å². The minimum Gasteiger partial charge on any atom is -0.366 e. The third-order valence-corrected chi connectivity index (χ3v) is 5.90. The summed E-state index contributed by atoms with van der Waals surface area (Å²) in [6, 6.07) is 5.20. The highest BCUT2D eigenvalue weighted by Crippen LogP contribution is 2.41. The summed E-state index contributed by atoms with van der Waals surface area (Å²) in [6.07, 6.45) is 0.832. The highest BCUT2D eigenvalue weighted by molar-refractivity contribution is 6.08. The quantitative estimate of drug-likeness (QED) is 0.583. The smallest absolute Gasteiger partial charge is 0.329 e. The fourth-order valence-corrected chi connectivity index (χ4v) is 4.51. The summed E-state index contributed by atoms with van der Waals surface area (Å²) in [6.45, 7) is 9.24. The second kappa shape index (κ2) is 7.47. The van der Waals surface area contributed by atoms with E-state index in [2.05, 4.69) is 35.7 Å². The van der Waals surface area contributed by atoms with E-state index < -0.39 is 0 Å². The number of urea groups is 1. The molecular formula is C22H26N8O2. The Bertz CT molecular complexity index is 1230. The first-order valence-electron chi connectivity index (χ1n) is 10.8. The molecule has 1 fully saturated rings. The van der Waals surface area contributed by atoms with Crippen molar-refractivity contribution in [2.75, 3.05) is 28.2 Å². The molecule has 3 amide bonds. The summed E-state index contributed by atoms with van der Waals surface area (Å²) in [5.74, 6) is 0.683. The monoisotopic (exact) mass is 434 g/mol. The molecule has 0 spiro atoms. The molecule has 1 saturated heterocycles. The summed E-state index contributed by atoms with van der Waals surface area (Å²) >= 11 is 0. The van der Waals surface area contributed by atoms with Crippen LogP contribution in [0.1, 0.15) is 42.0 Å². The van der Waals surface area contributed by atoms with Crippen molar-refractivity contribution in [1.82, 2.24) is 25.5 Å². The molecule has 0 unspecified atom stereocenters. The number of H-pyrrole nitrogens is 1. The molecule has 5 rings (SSSR count). The predicted octanol–water partition coefficient (Wildman–Crippen LogP) is 2.74. The van der Waals surface area contributed by atoms with Crippen LogP contribution in [0.5, 0.6) is 0 Å². The molecule has 3 aromatic heterocycles. The molecule has 10 heteroatoms. The van der Waals surface area contributed by atoms with Crippen molar-refractivity contribution < 1.29 is 9.59 Å². The second-order valence-electron chi connectivity index (χ2n) is 8.73. The Hall–Kier alpha value is -3.69. The van der Waals surface area contributed by atoms with E-state index in [0.717, 1.165) is 41.8 Å². The summed E-state index contributed by atoms with van der Waals surface area (Å²) in [5.41, 5.74) is 3.61. The van der Waals surface area contributed by atoms with E-state index in [9.17, 15) is 9.59 Å². The van der Waals surface area contributed by atoms with E-state index in [1.54, 1.807) is 11.0 Å². The average molecular weight is 435 g/mol. The Kier molecular flexibility index (Phi) is 4.72. The summed E-state index contributed by atoms with van der Waals surface area (Å²) < 4.78 is 0. The molecule has 0 aliphatic carbocycles. The molecule has 5 heterocycles. The molecular weight excluding hydrogens is 408 g/mol. The van der Waals surface area contributed by atoms with Gasteiger partial charge in [-0.05, 0) is 57.9 Å². The zero-order valence-corrected chi connectivity index (χ0v) is 18.6. The molecule has 3 N–H and O–H groups in total. The number of carbonyl (C=O) groups is 2. The maximum absolute atomic E-state index is 13.5. The zero-order valence-electron chi connectivity index (χ0n) is 18.6. The predicted molar refractivity (Wildman–Crippen MR) is 122 cm³/mol. The molecule has 0 aromatic carbocycles. The number of hydrogen-bond donors (Lipinski definition) is 3. The molecule has 1 atom stereocenters. The molecule has 3 aromatic rings. The van der Waals surface area contributed by atoms with Crippen molar-refractivity contribution in [1.29, 1.82) is 0 Å². The van der Waals surface area contributed by atoms with Gasteiger partial charge >= 0.3 is 6.03 Å². The summed E-state index contributed by atoms with van der Waals surface area (Å²) in [4.78, 5) is 39.1. The van der Waals surface area contributed by atoms with Crippen LogP contribution in [-0.2, 0) is 0 Å². The zero-order chi connectivity index (χ0) is 22.6. The highest BCUT2D eigenvalue weighted by Gasteiger charge is 2.41. The normalized spacial score (nSPS) is 17.1. The lowest BCUT2D eigenvalue weighted by Crippen LogP contribution is -2.49. The molecule has 10 nitrogen and oxygen atoms in total. The molecule has 0 radical (unpaired) electrons. The van der Waals surface area contributed by atoms with Gasteiger partial charge in [-0.25, -0.2) is 14.8 Å². The standard InChI is InChI=1S/C22H26N8O2/c1-11(2)23-21(31)16-9-12(3)17-20(25-16)30(14-7-8-29(17)10-14)22(32)26-19-15-6-5-13(4)24-18(15)27-28-19/h5-6,9,11,14H,7-8,10H2,1-4H3,(H,23,31)(H2,24,26,27,28,32)/t14-/m0/s1. The number of aromatic nitrogens is 4. The van der Waals surface area contributed by atoms with Crippen LogP contribution >= 0.6 is 0 Å². The Morgan fingerprint density at radius 3 is 2.81 bits per heavy atom. The van der Waals surface area contributed by atoms with Crippen molar-refractivity contribution in [3.8, 4) is 0 Å². The number of anilines is 3. The van der Waals surface area contributed by atoms with Crippen LogP contribution in [0.15, 0.2) is 18.2 Å². The Morgan fingerprint density at radius 1 is 1.22 bits per heavy atom. The summed E-state index contributed by atoms with van der Waals surface area (Å²) in [7, 11) is 0. The van der Waals surface area contributed by atoms with Crippen LogP contribution in [-0.4, -0.2) is 57.3 Å². The first-order valence-corrected chi connectivity index (χ1v) is 10.8. The lowest BCUT2D eigenvalue weighted by molar-refractivity contribution is 0.0938. The van der Waals surface area contributed by atoms with Crippen LogP contribution in [0.25, 0.3) is 11.0 Å². The van der Waals surface area contributed by atoms with E-state index in [1.165, 1.54) is 0 Å². The molecule has 2 aliphatic heterocycles. The molecule has 166 valence electrons. The Morgan fingerprint density at radius 2 is 2.03 bits per heavy atom. The number of hydrogen-bond acceptors (Lipinski definition) is 6. The molecule has 0 saturated carbocycles. The fraction of sp³-hybridized carbons (Fsp3) is 0.409. The van der Waals surface area contributed by atoms with Crippen LogP contribution in [0, 0.1) is 13.8 Å². The van der Waals surface area contributed by atoms with Gasteiger partial charge in [0.1, 0.15) is 5.69 Å². The lowest BCUT2D eigenvalue weighted by Gasteiger charge is -2.36. The number of pyridine rings is 2. The number of nitrogens with zero attached hydrogens (tertiary/aromatic N) is 5. The number of nitrogens with one attached hydrogen (secondary N) is 3. The molecule has 2 bridgehead atoms. The van der Waals surface area contributed by atoms with Crippen molar-refractivity contribution >= 4 is 40.3 Å². The minimum absolute atomic E-state index is 0.00911. The van der Waals surface area contributed by atoms with E-state index in [-0.39, 0.29) is 24.0 Å². The Balaban J connectivity index is 1.52. The topological polar surface area (TPSA) is 119 Å². The summed E-state index contributed by atoms with van der Waals surface area (Å²) in [5, 5.41) is 13.7. The van der Waals surface area contributed by atoms with Crippen LogP contribution in [0.4, 0.5) is 22.1 Å². The van der Waals surface area contributed by atoms with Crippen molar-refractivity contribution in [2.24, 2.45) is 0 Å². The van der Waals surface area contributed by atoms with Gasteiger partial charge in [0.25, 0.3) is 5.91 Å². The maximum Gasteiger partial charge on any atom is 0.329 e. The van der Waals surface area contributed by atoms with Gasteiger partial charge in [0.2, 0.25) is 0 Å². The largest absolute Gasteiger partial charge is 0.366 e. The number of fused-ring (bicyclic) bond motifs is 5. The van der Waals surface area contributed by atoms with Crippen LogP contribution < -0.4 is 20.4 Å². The number of aryl methyl sites for hydroxylation is 2. The van der Waals surface area contributed by atoms with Gasteiger partial charge in [-0.3, -0.25) is 20.1 Å². The van der Waals surface area contributed by atoms with E-state index in [4.69, 9.17) is 0 Å². The minimum atomic E-state index is -0.319. The van der Waals surface area contributed by atoms with Crippen LogP contribution in [0.3, 0.4) is 0 Å². The number of amides is 3. The van der Waals surface area contributed by atoms with Crippen molar-refractivity contribution in [2.45, 2.75) is 46.2 Å². The van der Waals surface area contributed by atoms with Gasteiger partial charge < -0.3 is 10.2 Å². The van der Waals surface area contributed by atoms with Gasteiger partial charge in [0.15, 0.2) is 17.3 Å². The molecule has 2 aliphatic rings. The SMILES string of the molecule is Cc1ccc2c(NC(=O)N3c4nc(C(=O)NC(C)C)cc(C)c4N4CC[C@H]3C4)n[nH]c2n1. The van der Waals surface area contributed by atoms with E-state index in [1.807, 2.05) is 39.8 Å². The first kappa shape index (κ1) is 20.2. The van der Waals surface area contributed by atoms with Crippen molar-refractivity contribution in [3.63, 3.8) is 0 Å². The molecule has 32 heavy (non-hydrogen) atoms. The van der Waals surface area contributed by atoms with E-state index >= 15 is 0 Å². The van der Waals surface area contributed by atoms with E-state index in [0.29, 0.717) is 23.0 Å². The third-order valence-electron chi connectivity index (χ3n) is 5.90. The number of aromatic amines is 1. The van der Waals surface area contributed by atoms with Gasteiger partial charge in [0, 0.05) is 24.8 Å². The second-order valence-corrected chi connectivity index (χ2v) is 8.73. The van der Waals surface area contributed by atoms with Crippen LogP contribution in [0.2, 0.25) is 0 Å². The highest BCUT2D eigenvalue weighted by atomic mass is 16.2. The van der Waals surface area contributed by atoms with Gasteiger partial charge in [-0.1, -0.05) is 0 Å². The Labute approximate surface area is 185 Å². The average Bonchev–Trinajstić information content (AvgIpc) is 3.31. The first-order chi connectivity index (χ1) is 15.3. The van der Waals surface area contributed by atoms with Crippen molar-refractivity contribution in [3.05, 3.63) is 35.2 Å². The fourth-order valence-electron chi connectivity index (χ4n) is 4.51.